The van der Waals surface area contributed by atoms with Crippen molar-refractivity contribution in [2.75, 3.05) is 10.6 Å². The Balaban J connectivity index is 1.33. The minimum atomic E-state index is -0.382. The van der Waals surface area contributed by atoms with Crippen LogP contribution in [0.15, 0.2) is 67.1 Å². The number of rotatable bonds is 6. The summed E-state index contributed by atoms with van der Waals surface area (Å²) >= 11 is 11.4. The number of benzene rings is 2. The summed E-state index contributed by atoms with van der Waals surface area (Å²) in [6.07, 6.45) is 5.13. The molecule has 0 fully saturated rings. The van der Waals surface area contributed by atoms with Gasteiger partial charge in [-0.3, -0.25) is 9.36 Å². The minimum Gasteiger partial charge on any atom is -0.330 e. The van der Waals surface area contributed by atoms with Gasteiger partial charge in [0, 0.05) is 29.0 Å². The maximum atomic E-state index is 14.0. The first-order valence-electron chi connectivity index (χ1n) is 9.27. The molecule has 158 valence electrons. The van der Waals surface area contributed by atoms with Crippen LogP contribution in [0.2, 0.25) is 5.02 Å². The Morgan fingerprint density at radius 3 is 2.58 bits per heavy atom. The molecule has 0 atom stereocenters. The van der Waals surface area contributed by atoms with Gasteiger partial charge in [0.25, 0.3) is 0 Å². The normalized spacial score (nSPS) is 10.8. The molecule has 0 aliphatic heterocycles. The number of halogens is 3. The van der Waals surface area contributed by atoms with E-state index < -0.39 is 0 Å². The third kappa shape index (κ3) is 5.44. The van der Waals surface area contributed by atoms with E-state index in [0.717, 1.165) is 5.56 Å². The third-order valence-electron chi connectivity index (χ3n) is 4.41. The largest absolute Gasteiger partial charge is 0.330 e. The number of anilines is 2. The second-order valence-corrected chi connectivity index (χ2v) is 7.55. The Bertz CT molecular complexity index is 1180. The van der Waals surface area contributed by atoms with Crippen molar-refractivity contribution < 1.29 is 8.78 Å². The summed E-state index contributed by atoms with van der Waals surface area (Å²) < 4.78 is 30.2. The molecule has 0 saturated carbocycles. The van der Waals surface area contributed by atoms with Gasteiger partial charge in [0.15, 0.2) is 10.9 Å². The van der Waals surface area contributed by atoms with Crippen molar-refractivity contribution in [3.8, 4) is 0 Å². The lowest BCUT2D eigenvalue weighted by Gasteiger charge is -2.07. The van der Waals surface area contributed by atoms with Gasteiger partial charge >= 0.3 is 0 Å². The minimum absolute atomic E-state index is 0.198. The highest BCUT2D eigenvalue weighted by Crippen LogP contribution is 2.20. The van der Waals surface area contributed by atoms with Crippen molar-refractivity contribution in [3.05, 3.63) is 94.9 Å². The van der Waals surface area contributed by atoms with Gasteiger partial charge in [-0.15, -0.1) is 0 Å². The van der Waals surface area contributed by atoms with Crippen LogP contribution < -0.4 is 10.6 Å². The summed E-state index contributed by atoms with van der Waals surface area (Å²) in [5, 5.41) is 15.3. The predicted octanol–water partition coefficient (Wildman–Crippen LogP) is 4.92. The third-order valence-corrected chi connectivity index (χ3v) is 4.97. The highest BCUT2D eigenvalue weighted by Gasteiger charge is 2.10. The summed E-state index contributed by atoms with van der Waals surface area (Å²) in [5.74, 6) is -0.154. The second-order valence-electron chi connectivity index (χ2n) is 6.73. The molecule has 2 aromatic heterocycles. The maximum absolute atomic E-state index is 14.0. The molecule has 0 saturated heterocycles. The van der Waals surface area contributed by atoms with Gasteiger partial charge < -0.3 is 10.6 Å². The van der Waals surface area contributed by atoms with Crippen molar-refractivity contribution in [2.24, 2.45) is 0 Å². The van der Waals surface area contributed by atoms with E-state index in [4.69, 9.17) is 23.8 Å². The topological polar surface area (TPSA) is 59.7 Å². The molecule has 0 bridgehead atoms. The number of thiocarbonyl (C=S) groups is 1. The molecule has 2 N–H and O–H groups in total. The van der Waals surface area contributed by atoms with Crippen LogP contribution in [0.4, 0.5) is 20.3 Å². The average Bonchev–Trinajstić information content (AvgIpc) is 3.36. The van der Waals surface area contributed by atoms with Gasteiger partial charge in [-0.25, -0.2) is 8.78 Å². The first-order chi connectivity index (χ1) is 15.0. The van der Waals surface area contributed by atoms with E-state index in [-0.39, 0.29) is 18.2 Å². The van der Waals surface area contributed by atoms with Crippen LogP contribution >= 0.6 is 23.8 Å². The van der Waals surface area contributed by atoms with E-state index in [0.29, 0.717) is 33.7 Å². The molecule has 0 unspecified atom stereocenters. The molecule has 10 heteroatoms. The lowest BCUT2D eigenvalue weighted by molar-refractivity contribution is 0.586. The van der Waals surface area contributed by atoms with Crippen LogP contribution in [0.25, 0.3) is 0 Å². The standard InChI is InChI=1S/C21H17ClF2N6S/c22-18-2-1-3-19(24)17(18)13-29-9-8-20(28-29)27-21(31)26-16-10-25-30(12-16)11-14-4-6-15(23)7-5-14/h1-10,12H,11,13H2,(H2,26,27,28,31). The quantitative estimate of drug-likeness (QED) is 0.402. The molecule has 4 rings (SSSR count). The Morgan fingerprint density at radius 1 is 1.00 bits per heavy atom. The fourth-order valence-corrected chi connectivity index (χ4v) is 3.38. The zero-order valence-corrected chi connectivity index (χ0v) is 17.7. The van der Waals surface area contributed by atoms with Crippen molar-refractivity contribution in [3.63, 3.8) is 0 Å². The maximum Gasteiger partial charge on any atom is 0.176 e. The van der Waals surface area contributed by atoms with Crippen molar-refractivity contribution >= 4 is 40.4 Å². The molecule has 4 aromatic rings. The van der Waals surface area contributed by atoms with Crippen LogP contribution in [-0.2, 0) is 13.1 Å². The summed E-state index contributed by atoms with van der Waals surface area (Å²) in [4.78, 5) is 0. The van der Waals surface area contributed by atoms with Crippen LogP contribution in [0, 0.1) is 11.6 Å². The lowest BCUT2D eigenvalue weighted by Crippen LogP contribution is -2.19. The van der Waals surface area contributed by atoms with E-state index in [1.165, 1.54) is 18.2 Å². The van der Waals surface area contributed by atoms with Crippen molar-refractivity contribution in [1.82, 2.24) is 19.6 Å². The van der Waals surface area contributed by atoms with Crippen LogP contribution in [0.5, 0.6) is 0 Å². The van der Waals surface area contributed by atoms with Gasteiger partial charge in [0.05, 0.1) is 25.0 Å². The van der Waals surface area contributed by atoms with Crippen molar-refractivity contribution in [2.45, 2.75) is 13.1 Å². The van der Waals surface area contributed by atoms with Crippen LogP contribution in [0.3, 0.4) is 0 Å². The molecule has 0 aliphatic rings. The van der Waals surface area contributed by atoms with Gasteiger partial charge in [-0.05, 0) is 42.0 Å². The highest BCUT2D eigenvalue weighted by atomic mass is 35.5. The van der Waals surface area contributed by atoms with E-state index in [1.54, 1.807) is 58.3 Å². The average molecular weight is 459 g/mol. The Kier molecular flexibility index (Phi) is 6.24. The Morgan fingerprint density at radius 2 is 1.81 bits per heavy atom. The first-order valence-corrected chi connectivity index (χ1v) is 10.1. The fraction of sp³-hybridized carbons (Fsp3) is 0.0952. The zero-order valence-electron chi connectivity index (χ0n) is 16.1. The molecular weight excluding hydrogens is 442 g/mol. The van der Waals surface area contributed by atoms with Gasteiger partial charge in [0.1, 0.15) is 11.6 Å². The second kappa shape index (κ2) is 9.23. The lowest BCUT2D eigenvalue weighted by atomic mass is 10.2. The number of aromatic nitrogens is 4. The Hall–Kier alpha value is -3.30. The number of nitrogens with one attached hydrogen (secondary N) is 2. The molecule has 2 heterocycles. The highest BCUT2D eigenvalue weighted by molar-refractivity contribution is 7.80. The van der Waals surface area contributed by atoms with Crippen molar-refractivity contribution in [1.29, 1.82) is 0 Å². The van der Waals surface area contributed by atoms with Gasteiger partial charge in [-0.2, -0.15) is 10.2 Å². The molecular formula is C21H17ClF2N6S. The van der Waals surface area contributed by atoms with E-state index in [1.807, 2.05) is 0 Å². The number of nitrogens with zero attached hydrogens (tertiary/aromatic N) is 4. The van der Waals surface area contributed by atoms with E-state index >= 15 is 0 Å². The Labute approximate surface area is 187 Å². The predicted molar refractivity (Wildman–Crippen MR) is 120 cm³/mol. The zero-order chi connectivity index (χ0) is 21.8. The number of hydrogen-bond acceptors (Lipinski definition) is 3. The summed E-state index contributed by atoms with van der Waals surface area (Å²) in [7, 11) is 0. The van der Waals surface area contributed by atoms with Gasteiger partial charge in [-0.1, -0.05) is 29.8 Å². The summed E-state index contributed by atoms with van der Waals surface area (Å²) in [6, 6.07) is 12.5. The summed E-state index contributed by atoms with van der Waals surface area (Å²) in [6.45, 7) is 0.703. The summed E-state index contributed by atoms with van der Waals surface area (Å²) in [5.41, 5.74) is 1.99. The SMILES string of the molecule is Fc1ccc(Cn2cc(NC(=S)Nc3ccn(Cc4c(F)cccc4Cl)n3)cn2)cc1. The molecule has 31 heavy (non-hydrogen) atoms. The molecule has 2 aromatic carbocycles. The van der Waals surface area contributed by atoms with Gasteiger partial charge in [0.2, 0.25) is 0 Å². The monoisotopic (exact) mass is 458 g/mol. The van der Waals surface area contributed by atoms with E-state index in [9.17, 15) is 8.78 Å². The molecule has 0 spiro atoms. The molecule has 6 nitrogen and oxygen atoms in total. The van der Waals surface area contributed by atoms with Crippen LogP contribution in [0.1, 0.15) is 11.1 Å². The smallest absolute Gasteiger partial charge is 0.176 e. The number of hydrogen-bond donors (Lipinski definition) is 2. The molecule has 0 aliphatic carbocycles. The molecule has 0 radical (unpaired) electrons. The molecule has 0 amide bonds. The fourth-order valence-electron chi connectivity index (χ4n) is 2.93. The van der Waals surface area contributed by atoms with Crippen LogP contribution in [-0.4, -0.2) is 24.7 Å². The first kappa shape index (κ1) is 21.0. The van der Waals surface area contributed by atoms with E-state index in [2.05, 4.69) is 20.8 Å².